The van der Waals surface area contributed by atoms with Gasteiger partial charge in [-0.2, -0.15) is 15.5 Å². The van der Waals surface area contributed by atoms with Crippen molar-refractivity contribution in [1.82, 2.24) is 0 Å². The van der Waals surface area contributed by atoms with Crippen LogP contribution in [0.2, 0.25) is 0 Å². The molecule has 0 aliphatic rings. The van der Waals surface area contributed by atoms with Crippen LogP contribution in [0.5, 0.6) is 0 Å². The molecular weight excluding hydrogens is 386 g/mol. The van der Waals surface area contributed by atoms with E-state index in [1.807, 2.05) is 31.2 Å². The molecule has 0 saturated carbocycles. The van der Waals surface area contributed by atoms with E-state index < -0.39 is 10.9 Å². The molecule has 9 heteroatoms. The number of carbonyl (C=O) groups is 1. The van der Waals surface area contributed by atoms with Gasteiger partial charge in [0.2, 0.25) is 0 Å². The number of rotatable bonds is 8. The van der Waals surface area contributed by atoms with Gasteiger partial charge in [0.05, 0.1) is 28.8 Å². The van der Waals surface area contributed by atoms with Crippen molar-refractivity contribution >= 4 is 28.7 Å². The average molecular weight is 409 g/mol. The van der Waals surface area contributed by atoms with Crippen LogP contribution in [0.1, 0.15) is 20.3 Å². The molecule has 9 nitrogen and oxygen atoms in total. The summed E-state index contributed by atoms with van der Waals surface area (Å²) in [6, 6.07) is 15.6. The first-order valence-electron chi connectivity index (χ1n) is 9.05. The van der Waals surface area contributed by atoms with Gasteiger partial charge in [-0.1, -0.05) is 6.58 Å². The number of azo groups is 1. The van der Waals surface area contributed by atoms with Gasteiger partial charge >= 0.3 is 5.97 Å². The second kappa shape index (κ2) is 12.4. The van der Waals surface area contributed by atoms with Gasteiger partial charge in [-0.25, -0.2) is 4.79 Å². The lowest BCUT2D eigenvalue weighted by Crippen LogP contribution is -2.23. The standard InChI is InChI=1S/C17H17N5O2.C4H6O2/c1-2-21(13-3-12-18)16-8-4-14(5-9-16)19-20-15-6-10-17(11-7-15)22(23)24;1-3(2)4(5)6/h4-11H,2-3,13H2,1H3;1H2,2H3,(H,5,6). The highest BCUT2D eigenvalue weighted by Crippen LogP contribution is 2.23. The lowest BCUT2D eigenvalue weighted by atomic mass is 10.2. The molecule has 0 fully saturated rings. The summed E-state index contributed by atoms with van der Waals surface area (Å²) < 4.78 is 0. The number of nitro benzene ring substituents is 1. The lowest BCUT2D eigenvalue weighted by molar-refractivity contribution is -0.384. The fourth-order valence-electron chi connectivity index (χ4n) is 2.14. The Morgan fingerprint density at radius 2 is 1.63 bits per heavy atom. The second-order valence-corrected chi connectivity index (χ2v) is 6.06. The maximum Gasteiger partial charge on any atom is 0.330 e. The number of nitriles is 1. The minimum atomic E-state index is -0.935. The minimum absolute atomic E-state index is 0.0235. The van der Waals surface area contributed by atoms with Gasteiger partial charge in [0.25, 0.3) is 5.69 Å². The third-order valence-corrected chi connectivity index (χ3v) is 3.80. The van der Waals surface area contributed by atoms with Crippen LogP contribution in [0.3, 0.4) is 0 Å². The van der Waals surface area contributed by atoms with Gasteiger partial charge in [-0.05, 0) is 50.2 Å². The summed E-state index contributed by atoms with van der Waals surface area (Å²) in [5.41, 5.74) is 2.47. The molecular formula is C21H23N5O4. The number of carboxylic acid groups (broad SMARTS) is 1. The van der Waals surface area contributed by atoms with Gasteiger partial charge in [0, 0.05) is 36.5 Å². The predicted molar refractivity (Wildman–Crippen MR) is 114 cm³/mol. The predicted octanol–water partition coefficient (Wildman–Crippen LogP) is 5.40. The summed E-state index contributed by atoms with van der Waals surface area (Å²) >= 11 is 0. The van der Waals surface area contributed by atoms with Crippen molar-refractivity contribution in [3.63, 3.8) is 0 Å². The molecule has 0 atom stereocenters. The van der Waals surface area contributed by atoms with Gasteiger partial charge in [0.15, 0.2) is 0 Å². The van der Waals surface area contributed by atoms with E-state index in [0.717, 1.165) is 12.2 Å². The number of nitrogens with zero attached hydrogens (tertiary/aromatic N) is 5. The molecule has 0 amide bonds. The van der Waals surface area contributed by atoms with Crippen molar-refractivity contribution in [2.24, 2.45) is 10.2 Å². The molecule has 0 aliphatic heterocycles. The summed E-state index contributed by atoms with van der Waals surface area (Å²) in [6.07, 6.45) is 0.482. The topological polar surface area (TPSA) is 132 Å². The lowest BCUT2D eigenvalue weighted by Gasteiger charge is -2.21. The molecule has 0 saturated heterocycles. The largest absolute Gasteiger partial charge is 0.478 e. The van der Waals surface area contributed by atoms with E-state index in [4.69, 9.17) is 10.4 Å². The minimum Gasteiger partial charge on any atom is -0.478 e. The van der Waals surface area contributed by atoms with Crippen LogP contribution in [-0.2, 0) is 4.79 Å². The Morgan fingerprint density at radius 1 is 1.17 bits per heavy atom. The van der Waals surface area contributed by atoms with Gasteiger partial charge in [-0.3, -0.25) is 10.1 Å². The molecule has 0 aliphatic carbocycles. The number of hydrogen-bond donors (Lipinski definition) is 1. The molecule has 2 rings (SSSR count). The Kier molecular flexibility index (Phi) is 9.92. The second-order valence-electron chi connectivity index (χ2n) is 6.06. The first-order valence-corrected chi connectivity index (χ1v) is 9.05. The smallest absolute Gasteiger partial charge is 0.330 e. The van der Waals surface area contributed by atoms with E-state index in [1.54, 1.807) is 12.1 Å². The Bertz CT molecular complexity index is 919. The van der Waals surface area contributed by atoms with Crippen LogP contribution < -0.4 is 4.90 Å². The first kappa shape index (κ1) is 24.0. The van der Waals surface area contributed by atoms with E-state index >= 15 is 0 Å². The Labute approximate surface area is 174 Å². The fourth-order valence-corrected chi connectivity index (χ4v) is 2.14. The van der Waals surface area contributed by atoms with Gasteiger partial charge < -0.3 is 10.0 Å². The van der Waals surface area contributed by atoms with Gasteiger partial charge in [0.1, 0.15) is 0 Å². The quantitative estimate of drug-likeness (QED) is 0.269. The third-order valence-electron chi connectivity index (χ3n) is 3.80. The van der Waals surface area contributed by atoms with E-state index in [9.17, 15) is 14.9 Å². The number of non-ortho nitro benzene ring substituents is 1. The maximum atomic E-state index is 10.6. The zero-order chi connectivity index (χ0) is 22.5. The summed E-state index contributed by atoms with van der Waals surface area (Å²) in [4.78, 5) is 21.9. The number of hydrogen-bond acceptors (Lipinski definition) is 7. The normalized spacial score (nSPS) is 9.90. The molecule has 0 bridgehead atoms. The maximum absolute atomic E-state index is 10.6. The van der Waals surface area contributed by atoms with Crippen molar-refractivity contribution in [3.8, 4) is 6.07 Å². The van der Waals surface area contributed by atoms with E-state index in [1.165, 1.54) is 19.1 Å². The average Bonchev–Trinajstić information content (AvgIpc) is 2.74. The molecule has 156 valence electrons. The highest BCUT2D eigenvalue weighted by atomic mass is 16.6. The van der Waals surface area contributed by atoms with Crippen molar-refractivity contribution in [2.45, 2.75) is 20.3 Å². The fraction of sp³-hybridized carbons (Fsp3) is 0.238. The Hall–Kier alpha value is -4.06. The van der Waals surface area contributed by atoms with Crippen LogP contribution >= 0.6 is 0 Å². The SMILES string of the molecule is C=C(C)C(=O)O.CCN(CCC#N)c1ccc(N=Nc2ccc([N+](=O)[O-])cc2)cc1. The monoisotopic (exact) mass is 409 g/mol. The van der Waals surface area contributed by atoms with Crippen LogP contribution in [0.15, 0.2) is 70.9 Å². The number of anilines is 1. The van der Waals surface area contributed by atoms with Crippen molar-refractivity contribution < 1.29 is 14.8 Å². The van der Waals surface area contributed by atoms with Gasteiger partial charge in [-0.15, -0.1) is 0 Å². The third kappa shape index (κ3) is 8.31. The first-order chi connectivity index (χ1) is 14.3. The molecule has 2 aromatic rings. The van der Waals surface area contributed by atoms with Crippen LogP contribution in [-0.4, -0.2) is 29.1 Å². The van der Waals surface area contributed by atoms with Crippen molar-refractivity contribution in [1.29, 1.82) is 5.26 Å². The van der Waals surface area contributed by atoms with Crippen molar-refractivity contribution in [3.05, 3.63) is 70.8 Å². The Morgan fingerprint density at radius 3 is 2.00 bits per heavy atom. The summed E-state index contributed by atoms with van der Waals surface area (Å²) in [7, 11) is 0. The molecule has 30 heavy (non-hydrogen) atoms. The summed E-state index contributed by atoms with van der Waals surface area (Å²) in [6.45, 7) is 8.16. The molecule has 0 spiro atoms. The number of nitro groups is 1. The van der Waals surface area contributed by atoms with E-state index in [0.29, 0.717) is 24.3 Å². The van der Waals surface area contributed by atoms with Crippen LogP contribution in [0, 0.1) is 21.4 Å². The molecule has 1 N–H and O–H groups in total. The number of carboxylic acids is 1. The zero-order valence-corrected chi connectivity index (χ0v) is 16.9. The molecule has 0 radical (unpaired) electrons. The molecule has 2 aromatic carbocycles. The van der Waals surface area contributed by atoms with E-state index in [2.05, 4.69) is 27.8 Å². The van der Waals surface area contributed by atoms with Crippen molar-refractivity contribution in [2.75, 3.05) is 18.0 Å². The Balaban J connectivity index is 0.000000656. The number of benzene rings is 2. The zero-order valence-electron chi connectivity index (χ0n) is 16.9. The molecule has 0 heterocycles. The van der Waals surface area contributed by atoms with Crippen LogP contribution in [0.4, 0.5) is 22.7 Å². The highest BCUT2D eigenvalue weighted by Gasteiger charge is 2.04. The van der Waals surface area contributed by atoms with E-state index in [-0.39, 0.29) is 11.3 Å². The molecule has 0 aromatic heterocycles. The summed E-state index contributed by atoms with van der Waals surface area (Å²) in [5.74, 6) is -0.935. The number of aliphatic carboxylic acids is 1. The summed E-state index contributed by atoms with van der Waals surface area (Å²) in [5, 5.41) is 35.4. The highest BCUT2D eigenvalue weighted by molar-refractivity contribution is 5.84. The molecule has 0 unspecified atom stereocenters. The van der Waals surface area contributed by atoms with Crippen LogP contribution in [0.25, 0.3) is 0 Å².